The van der Waals surface area contributed by atoms with Gasteiger partial charge in [-0.25, -0.2) is 4.57 Å². The first kappa shape index (κ1) is 50.2. The smallest absolute Gasteiger partial charge is 0.457 e. The van der Waals surface area contributed by atoms with Gasteiger partial charge in [0.05, 0.1) is 34.4 Å². The van der Waals surface area contributed by atoms with Crippen LogP contribution in [0.2, 0.25) is 0 Å². The minimum absolute atomic E-state index is 0.0841. The number of esters is 1. The van der Waals surface area contributed by atoms with Gasteiger partial charge in [-0.3, -0.25) is 13.8 Å². The number of unbranched alkanes of at least 4 members (excludes halogenated alkanes) is 13. The summed E-state index contributed by atoms with van der Waals surface area (Å²) in [6, 6.07) is 0. The number of hydrogen-bond donors (Lipinski definition) is 1. The van der Waals surface area contributed by atoms with Gasteiger partial charge in [0.2, 0.25) is 0 Å². The van der Waals surface area contributed by atoms with E-state index in [9.17, 15) is 14.3 Å². The minimum Gasteiger partial charge on any atom is -0.457 e. The van der Waals surface area contributed by atoms with Crippen molar-refractivity contribution in [2.24, 2.45) is 0 Å². The molecule has 0 aliphatic carbocycles. The van der Waals surface area contributed by atoms with Gasteiger partial charge in [0.15, 0.2) is 0 Å². The van der Waals surface area contributed by atoms with Crippen LogP contribution in [0.3, 0.4) is 0 Å². The normalized spacial score (nSPS) is 14.5. The lowest BCUT2D eigenvalue weighted by Crippen LogP contribution is -2.37. The van der Waals surface area contributed by atoms with Crippen molar-refractivity contribution in [1.29, 1.82) is 0 Å². The molecular weight excluding hydrogens is 673 g/mol. The van der Waals surface area contributed by atoms with Crippen LogP contribution in [0, 0.1) is 0 Å². The molecule has 0 rings (SSSR count). The van der Waals surface area contributed by atoms with E-state index in [1.807, 2.05) is 21.1 Å². The zero-order valence-corrected chi connectivity index (χ0v) is 34.9. The Labute approximate surface area is 320 Å². The third-order valence-corrected chi connectivity index (χ3v) is 9.33. The van der Waals surface area contributed by atoms with Crippen LogP contribution in [0.4, 0.5) is 0 Å². The summed E-state index contributed by atoms with van der Waals surface area (Å²) in [5, 5.41) is 0. The molecule has 0 heterocycles. The maximum absolute atomic E-state index is 12.6. The first-order valence-corrected chi connectivity index (χ1v) is 22.0. The van der Waals surface area contributed by atoms with Gasteiger partial charge in [-0.15, -0.1) is 0 Å². The van der Waals surface area contributed by atoms with Crippen LogP contribution in [0.5, 0.6) is 0 Å². The highest BCUT2D eigenvalue weighted by molar-refractivity contribution is 7.47. The lowest BCUT2D eigenvalue weighted by atomic mass is 10.1. The number of ether oxygens (including phenoxy) is 2. The molecule has 0 aromatic carbocycles. The molecule has 2 unspecified atom stereocenters. The summed E-state index contributed by atoms with van der Waals surface area (Å²) >= 11 is 0. The van der Waals surface area contributed by atoms with E-state index in [-0.39, 0.29) is 25.8 Å². The molecule has 0 spiro atoms. The zero-order chi connectivity index (χ0) is 38.4. The van der Waals surface area contributed by atoms with Gasteiger partial charge in [-0.2, -0.15) is 0 Å². The summed E-state index contributed by atoms with van der Waals surface area (Å²) in [6.07, 6.45) is 44.0. The number of carbonyl (C=O) groups is 1. The number of hydrogen-bond acceptors (Lipinski definition) is 6. The van der Waals surface area contributed by atoms with Crippen LogP contribution in [0.25, 0.3) is 0 Å². The Morgan fingerprint density at radius 3 is 1.67 bits per heavy atom. The summed E-state index contributed by atoms with van der Waals surface area (Å²) in [4.78, 5) is 22.8. The summed E-state index contributed by atoms with van der Waals surface area (Å²) in [5.41, 5.74) is 0. The lowest BCUT2D eigenvalue weighted by Gasteiger charge is -2.24. The van der Waals surface area contributed by atoms with Crippen LogP contribution in [-0.4, -0.2) is 75.6 Å². The molecule has 0 aromatic heterocycles. The number of phosphoric ester groups is 1. The minimum atomic E-state index is -4.27. The van der Waals surface area contributed by atoms with Crippen LogP contribution in [0.15, 0.2) is 60.8 Å². The number of rotatable bonds is 37. The van der Waals surface area contributed by atoms with Crippen LogP contribution >= 0.6 is 7.82 Å². The van der Waals surface area contributed by atoms with Crippen LogP contribution < -0.4 is 0 Å². The molecular formula is C43H79NO7P+. The van der Waals surface area contributed by atoms with Crippen molar-refractivity contribution in [2.75, 3.05) is 54.1 Å². The molecule has 0 radical (unpaired) electrons. The predicted molar refractivity (Wildman–Crippen MR) is 219 cm³/mol. The maximum atomic E-state index is 12.6. The van der Waals surface area contributed by atoms with E-state index < -0.39 is 13.9 Å². The number of phosphoric acid groups is 1. The Bertz CT molecular complexity index is 1020. The van der Waals surface area contributed by atoms with E-state index in [1.54, 1.807) is 0 Å². The molecule has 52 heavy (non-hydrogen) atoms. The van der Waals surface area contributed by atoms with Crippen molar-refractivity contribution in [2.45, 2.75) is 155 Å². The molecule has 2 atom stereocenters. The van der Waals surface area contributed by atoms with Crippen molar-refractivity contribution >= 4 is 13.8 Å². The summed E-state index contributed by atoms with van der Waals surface area (Å²) < 4.78 is 34.8. The zero-order valence-electron chi connectivity index (χ0n) is 34.0. The quantitative estimate of drug-likeness (QED) is 0.0222. The molecule has 0 saturated heterocycles. The molecule has 0 aliphatic heterocycles. The first-order chi connectivity index (χ1) is 25.1. The number of likely N-dealkylation sites (N-methyl/N-ethyl adjacent to an activating group) is 1. The highest BCUT2D eigenvalue weighted by atomic mass is 31.2. The molecule has 0 fully saturated rings. The van der Waals surface area contributed by atoms with Crippen molar-refractivity contribution in [3.05, 3.63) is 60.8 Å². The first-order valence-electron chi connectivity index (χ1n) is 20.5. The average molecular weight is 753 g/mol. The second kappa shape index (κ2) is 36.2. The molecule has 8 nitrogen and oxygen atoms in total. The number of carbonyl (C=O) groups excluding carboxylic acids is 1. The second-order valence-corrected chi connectivity index (χ2v) is 16.1. The fourth-order valence-electron chi connectivity index (χ4n) is 5.17. The van der Waals surface area contributed by atoms with Gasteiger partial charge in [0.1, 0.15) is 19.3 Å². The highest BCUT2D eigenvalue weighted by Crippen LogP contribution is 2.43. The van der Waals surface area contributed by atoms with Gasteiger partial charge in [-0.1, -0.05) is 145 Å². The molecule has 0 aromatic rings. The van der Waals surface area contributed by atoms with Crippen molar-refractivity contribution in [1.82, 2.24) is 0 Å². The molecule has 0 bridgehead atoms. The number of quaternary nitrogens is 1. The Kier molecular flexibility index (Phi) is 34.9. The van der Waals surface area contributed by atoms with Crippen LogP contribution in [-0.2, 0) is 27.9 Å². The van der Waals surface area contributed by atoms with E-state index in [2.05, 4.69) is 74.6 Å². The Hall–Kier alpha value is -1.80. The average Bonchev–Trinajstić information content (AvgIpc) is 3.09. The Morgan fingerprint density at radius 1 is 0.615 bits per heavy atom. The van der Waals surface area contributed by atoms with Gasteiger partial charge >= 0.3 is 13.8 Å². The van der Waals surface area contributed by atoms with E-state index in [4.69, 9.17) is 18.5 Å². The molecule has 0 saturated carbocycles. The number of nitrogens with zero attached hydrogens (tertiary/aromatic N) is 1. The summed E-state index contributed by atoms with van der Waals surface area (Å²) in [7, 11) is 1.65. The molecule has 0 aliphatic rings. The Morgan fingerprint density at radius 2 is 1.12 bits per heavy atom. The SMILES string of the molecule is CC/C=C\C/C=C\C/C=C\C/C=C\C/C=C\CCCCCCCCCC(=O)OC(COCCCCCCCCC)COP(=O)(O)OCC[N+](C)(C)C. The monoisotopic (exact) mass is 753 g/mol. The third-order valence-electron chi connectivity index (χ3n) is 8.34. The summed E-state index contributed by atoms with van der Waals surface area (Å²) in [5.74, 6) is -0.330. The third kappa shape index (κ3) is 39.4. The highest BCUT2D eigenvalue weighted by Gasteiger charge is 2.26. The Balaban J connectivity index is 4.15. The maximum Gasteiger partial charge on any atom is 0.472 e. The van der Waals surface area contributed by atoms with Crippen LogP contribution in [0.1, 0.15) is 149 Å². The topological polar surface area (TPSA) is 91.3 Å². The van der Waals surface area contributed by atoms with Crippen molar-refractivity contribution < 1.29 is 37.3 Å². The number of allylic oxidation sites excluding steroid dienone is 10. The van der Waals surface area contributed by atoms with Gasteiger partial charge in [0, 0.05) is 13.0 Å². The fraction of sp³-hybridized carbons (Fsp3) is 0.744. The molecule has 0 amide bonds. The van der Waals surface area contributed by atoms with E-state index >= 15 is 0 Å². The van der Waals surface area contributed by atoms with E-state index in [0.29, 0.717) is 24.1 Å². The van der Waals surface area contributed by atoms with E-state index in [0.717, 1.165) is 70.6 Å². The predicted octanol–water partition coefficient (Wildman–Crippen LogP) is 11.8. The van der Waals surface area contributed by atoms with E-state index in [1.165, 1.54) is 57.8 Å². The van der Waals surface area contributed by atoms with Crippen molar-refractivity contribution in [3.8, 4) is 0 Å². The molecule has 302 valence electrons. The van der Waals surface area contributed by atoms with Gasteiger partial charge < -0.3 is 18.9 Å². The van der Waals surface area contributed by atoms with Gasteiger partial charge in [0.25, 0.3) is 0 Å². The standard InChI is InChI=1S/C43H78NO7P/c1-6-8-10-12-14-15-16-17-18-19-20-21-22-23-24-25-26-27-28-29-30-32-34-36-43(45)51-42(40-48-38-35-33-31-13-11-9-7-2)41-50-52(46,47)49-39-37-44(3,4)5/h8,10,14-15,17-18,20-21,23-24,42H,6-7,9,11-13,16,19,22,25-41H2,1-5H3/p+1/b10-8-,15-14-,18-17-,21-20-,24-23-. The molecule has 1 N–H and O–H groups in total. The second-order valence-electron chi connectivity index (χ2n) is 14.6. The lowest BCUT2D eigenvalue weighted by molar-refractivity contribution is -0.870. The molecule has 9 heteroatoms. The van der Waals surface area contributed by atoms with Gasteiger partial charge in [-0.05, 0) is 57.8 Å². The fourth-order valence-corrected chi connectivity index (χ4v) is 5.91. The van der Waals surface area contributed by atoms with Crippen molar-refractivity contribution in [3.63, 3.8) is 0 Å². The summed E-state index contributed by atoms with van der Waals surface area (Å²) in [6.45, 7) is 5.44. The largest absolute Gasteiger partial charge is 0.472 e.